The van der Waals surface area contributed by atoms with E-state index in [-0.39, 0.29) is 12.5 Å². The molecule has 1 aliphatic rings. The Morgan fingerprint density at radius 1 is 1.00 bits per heavy atom. The van der Waals surface area contributed by atoms with Crippen molar-refractivity contribution in [3.05, 3.63) is 93.1 Å². The molecule has 0 saturated carbocycles. The third-order valence-electron chi connectivity index (χ3n) is 4.76. The predicted molar refractivity (Wildman–Crippen MR) is 145 cm³/mol. The van der Waals surface area contributed by atoms with Gasteiger partial charge in [0, 0.05) is 20.6 Å². The summed E-state index contributed by atoms with van der Waals surface area (Å²) in [6, 6.07) is 23.7. The van der Waals surface area contributed by atoms with Crippen LogP contribution < -0.4 is 14.9 Å². The minimum atomic E-state index is -0.325. The van der Waals surface area contributed by atoms with E-state index in [1.807, 2.05) is 84.2 Å². The van der Waals surface area contributed by atoms with E-state index in [0.29, 0.717) is 22.7 Å². The Bertz CT molecular complexity index is 1090. The number of carbonyl (C=O) groups excluding carboxylic acids is 1. The summed E-state index contributed by atoms with van der Waals surface area (Å²) in [7, 11) is 0. The molecule has 0 aromatic heterocycles. The third kappa shape index (κ3) is 7.41. The van der Waals surface area contributed by atoms with Gasteiger partial charge in [-0.05, 0) is 70.1 Å². The number of carbonyl (C=O) groups is 1. The zero-order chi connectivity index (χ0) is 22.9. The second kappa shape index (κ2) is 12.3. The highest BCUT2D eigenvalue weighted by Crippen LogP contribution is 2.45. The van der Waals surface area contributed by atoms with E-state index >= 15 is 0 Å². The largest absolute Gasteiger partial charge is 0.488 e. The van der Waals surface area contributed by atoms with Crippen molar-refractivity contribution < 1.29 is 14.3 Å². The number of benzene rings is 3. The lowest BCUT2D eigenvalue weighted by molar-refractivity contribution is -0.123. The molecule has 5 nitrogen and oxygen atoms in total. The highest BCUT2D eigenvalue weighted by Gasteiger charge is 2.18. The SMILES string of the molecule is O=C(COc1ccc(C2SCCS2)cc1)N/N=C\c1ccccc1OCc1ccc(I)cc1. The summed E-state index contributed by atoms with van der Waals surface area (Å²) in [5, 5.41) is 4.06. The number of nitrogens with one attached hydrogen (secondary N) is 1. The molecule has 4 rings (SSSR count). The van der Waals surface area contributed by atoms with Crippen molar-refractivity contribution in [1.82, 2.24) is 5.43 Å². The van der Waals surface area contributed by atoms with Gasteiger partial charge in [-0.1, -0.05) is 36.4 Å². The van der Waals surface area contributed by atoms with Crippen molar-refractivity contribution in [2.24, 2.45) is 5.10 Å². The predicted octanol–water partition coefficient (Wildman–Crippen LogP) is 5.88. The minimum Gasteiger partial charge on any atom is -0.488 e. The van der Waals surface area contributed by atoms with E-state index in [1.165, 1.54) is 20.6 Å². The van der Waals surface area contributed by atoms with Crippen LogP contribution in [0.2, 0.25) is 0 Å². The van der Waals surface area contributed by atoms with Gasteiger partial charge in [0.25, 0.3) is 5.91 Å². The number of hydrazone groups is 1. The lowest BCUT2D eigenvalue weighted by Gasteiger charge is -2.10. The molecule has 33 heavy (non-hydrogen) atoms. The second-order valence-corrected chi connectivity index (χ2v) is 11.1. The van der Waals surface area contributed by atoms with Gasteiger partial charge < -0.3 is 9.47 Å². The third-order valence-corrected chi connectivity index (χ3v) is 8.59. The van der Waals surface area contributed by atoms with Crippen LogP contribution >= 0.6 is 46.1 Å². The Kier molecular flexibility index (Phi) is 8.96. The van der Waals surface area contributed by atoms with Crippen molar-refractivity contribution in [1.29, 1.82) is 0 Å². The second-order valence-electron chi connectivity index (χ2n) is 7.18. The topological polar surface area (TPSA) is 59.9 Å². The summed E-state index contributed by atoms with van der Waals surface area (Å²) >= 11 is 6.20. The maximum Gasteiger partial charge on any atom is 0.277 e. The van der Waals surface area contributed by atoms with Crippen LogP contribution in [0, 0.1) is 3.57 Å². The molecule has 1 fully saturated rings. The molecule has 3 aromatic rings. The van der Waals surface area contributed by atoms with Crippen molar-refractivity contribution in [3.8, 4) is 11.5 Å². The van der Waals surface area contributed by atoms with Crippen molar-refractivity contribution >= 4 is 58.2 Å². The number of ether oxygens (including phenoxy) is 2. The Hall–Kier alpha value is -2.17. The summed E-state index contributed by atoms with van der Waals surface area (Å²) in [5.74, 6) is 3.42. The number of thioether (sulfide) groups is 2. The molecular formula is C25H23IN2O3S2. The van der Waals surface area contributed by atoms with E-state index in [2.05, 4.69) is 45.3 Å². The quantitative estimate of drug-likeness (QED) is 0.192. The van der Waals surface area contributed by atoms with Gasteiger partial charge in [0.2, 0.25) is 0 Å². The monoisotopic (exact) mass is 590 g/mol. The summed E-state index contributed by atoms with van der Waals surface area (Å²) in [6.07, 6.45) is 1.58. The number of amides is 1. The van der Waals surface area contributed by atoms with E-state index in [9.17, 15) is 4.79 Å². The van der Waals surface area contributed by atoms with Crippen LogP contribution in [0.3, 0.4) is 0 Å². The van der Waals surface area contributed by atoms with E-state index < -0.39 is 0 Å². The summed E-state index contributed by atoms with van der Waals surface area (Å²) in [4.78, 5) is 12.1. The Morgan fingerprint density at radius 2 is 1.73 bits per heavy atom. The minimum absolute atomic E-state index is 0.103. The lowest BCUT2D eigenvalue weighted by atomic mass is 10.2. The van der Waals surface area contributed by atoms with Crippen LogP contribution in [0.25, 0.3) is 0 Å². The average molecular weight is 591 g/mol. The number of hydrogen-bond acceptors (Lipinski definition) is 6. The first kappa shape index (κ1) is 24.0. The van der Waals surface area contributed by atoms with Crippen LogP contribution in [0.4, 0.5) is 0 Å². The lowest BCUT2D eigenvalue weighted by Crippen LogP contribution is -2.24. The van der Waals surface area contributed by atoms with Crippen LogP contribution in [-0.2, 0) is 11.4 Å². The Morgan fingerprint density at radius 3 is 2.48 bits per heavy atom. The molecule has 1 amide bonds. The average Bonchev–Trinajstić information content (AvgIpc) is 3.39. The highest BCUT2D eigenvalue weighted by molar-refractivity contribution is 14.1. The first-order valence-corrected chi connectivity index (χ1v) is 13.6. The molecule has 3 aromatic carbocycles. The number of para-hydroxylation sites is 1. The molecule has 0 unspecified atom stereocenters. The Labute approximate surface area is 215 Å². The summed E-state index contributed by atoms with van der Waals surface area (Å²) in [6.45, 7) is 0.355. The van der Waals surface area contributed by atoms with Gasteiger partial charge in [0.15, 0.2) is 6.61 Å². The molecule has 1 N–H and O–H groups in total. The molecule has 1 aliphatic heterocycles. The number of rotatable bonds is 9. The zero-order valence-electron chi connectivity index (χ0n) is 17.8. The van der Waals surface area contributed by atoms with Gasteiger partial charge in [-0.3, -0.25) is 4.79 Å². The van der Waals surface area contributed by atoms with Gasteiger partial charge >= 0.3 is 0 Å². The molecule has 8 heteroatoms. The first-order chi connectivity index (χ1) is 16.2. The fourth-order valence-electron chi connectivity index (χ4n) is 3.09. The summed E-state index contributed by atoms with van der Waals surface area (Å²) in [5.41, 5.74) is 5.66. The van der Waals surface area contributed by atoms with E-state index in [1.54, 1.807) is 6.21 Å². The Balaban J connectivity index is 1.24. The molecule has 0 bridgehead atoms. The molecule has 0 aliphatic carbocycles. The van der Waals surface area contributed by atoms with Gasteiger partial charge in [-0.25, -0.2) is 5.43 Å². The maximum absolute atomic E-state index is 12.1. The van der Waals surface area contributed by atoms with Gasteiger partial charge in [-0.2, -0.15) is 5.10 Å². The molecule has 170 valence electrons. The van der Waals surface area contributed by atoms with Crippen molar-refractivity contribution in [2.45, 2.75) is 11.2 Å². The molecular weight excluding hydrogens is 567 g/mol. The van der Waals surface area contributed by atoms with Gasteiger partial charge in [0.1, 0.15) is 18.1 Å². The normalized spacial score (nSPS) is 13.8. The van der Waals surface area contributed by atoms with Gasteiger partial charge in [-0.15, -0.1) is 23.5 Å². The highest BCUT2D eigenvalue weighted by atomic mass is 127. The van der Waals surface area contributed by atoms with Crippen molar-refractivity contribution in [3.63, 3.8) is 0 Å². The first-order valence-electron chi connectivity index (χ1n) is 10.4. The fraction of sp³-hybridized carbons (Fsp3) is 0.200. The van der Waals surface area contributed by atoms with Crippen molar-refractivity contribution in [2.75, 3.05) is 18.1 Å². The zero-order valence-corrected chi connectivity index (χ0v) is 21.6. The number of nitrogens with zero attached hydrogens (tertiary/aromatic N) is 1. The smallest absolute Gasteiger partial charge is 0.277 e. The fourth-order valence-corrected chi connectivity index (χ4v) is 6.31. The molecule has 0 atom stereocenters. The number of hydrogen-bond donors (Lipinski definition) is 1. The molecule has 1 heterocycles. The van der Waals surface area contributed by atoms with E-state index in [4.69, 9.17) is 9.47 Å². The summed E-state index contributed by atoms with van der Waals surface area (Å²) < 4.78 is 13.2. The van der Waals surface area contributed by atoms with Crippen LogP contribution in [0.15, 0.2) is 77.9 Å². The van der Waals surface area contributed by atoms with Crippen LogP contribution in [0.1, 0.15) is 21.3 Å². The number of halogens is 1. The maximum atomic E-state index is 12.1. The van der Waals surface area contributed by atoms with Crippen LogP contribution in [-0.4, -0.2) is 30.2 Å². The standard InChI is InChI=1S/C25H23IN2O3S2/c26-21-9-5-18(6-10-21)16-31-23-4-2-1-3-20(23)15-27-28-24(29)17-30-22-11-7-19(8-12-22)25-32-13-14-33-25/h1-12,15,25H,13-14,16-17H2,(H,28,29)/b27-15-. The van der Waals surface area contributed by atoms with Gasteiger partial charge in [0.05, 0.1) is 10.8 Å². The molecule has 0 radical (unpaired) electrons. The molecule has 0 spiro atoms. The van der Waals surface area contributed by atoms with Crippen LogP contribution in [0.5, 0.6) is 11.5 Å². The molecule has 1 saturated heterocycles. The van der Waals surface area contributed by atoms with E-state index in [0.717, 1.165) is 11.1 Å².